The number of hydrogen-bond acceptors (Lipinski definition) is 4. The lowest BCUT2D eigenvalue weighted by atomic mass is 10.0. The lowest BCUT2D eigenvalue weighted by molar-refractivity contribution is 0.174. The van der Waals surface area contributed by atoms with Crippen molar-refractivity contribution in [2.24, 2.45) is 5.92 Å². The maximum Gasteiger partial charge on any atom is 0.231 e. The van der Waals surface area contributed by atoms with E-state index in [1.54, 1.807) is 0 Å². The monoisotopic (exact) mass is 290 g/mol. The van der Waals surface area contributed by atoms with Gasteiger partial charge in [-0.15, -0.1) is 0 Å². The van der Waals surface area contributed by atoms with Gasteiger partial charge >= 0.3 is 0 Å². The summed E-state index contributed by atoms with van der Waals surface area (Å²) in [5.74, 6) is 2.41. The topological polar surface area (TPSA) is 33.7 Å². The van der Waals surface area contributed by atoms with Gasteiger partial charge in [0.1, 0.15) is 0 Å². The van der Waals surface area contributed by atoms with Gasteiger partial charge in [-0.2, -0.15) is 0 Å². The second kappa shape index (κ2) is 6.67. The van der Waals surface area contributed by atoms with Crippen LogP contribution in [0, 0.1) is 5.92 Å². The van der Waals surface area contributed by atoms with Crippen LogP contribution in [-0.2, 0) is 6.54 Å². The minimum Gasteiger partial charge on any atom is -0.454 e. The number of nitrogens with one attached hydrogen (secondary N) is 1. The van der Waals surface area contributed by atoms with Crippen molar-refractivity contribution < 1.29 is 9.47 Å². The lowest BCUT2D eigenvalue weighted by Crippen LogP contribution is -2.44. The Hall–Kier alpha value is -1.26. The maximum absolute atomic E-state index is 5.43. The summed E-state index contributed by atoms with van der Waals surface area (Å²) in [4.78, 5) is 2.64. The molecule has 0 bridgehead atoms. The lowest BCUT2D eigenvalue weighted by Gasteiger charge is -2.31. The van der Waals surface area contributed by atoms with E-state index in [2.05, 4.69) is 36.2 Å². The van der Waals surface area contributed by atoms with E-state index in [1.165, 1.54) is 31.5 Å². The highest BCUT2D eigenvalue weighted by molar-refractivity contribution is 5.44. The molecule has 4 heteroatoms. The van der Waals surface area contributed by atoms with Crippen LogP contribution in [0.25, 0.3) is 0 Å². The van der Waals surface area contributed by atoms with Crippen molar-refractivity contribution >= 4 is 0 Å². The van der Waals surface area contributed by atoms with Crippen LogP contribution in [-0.4, -0.2) is 37.4 Å². The molecule has 1 aromatic rings. The number of hydrogen-bond donors (Lipinski definition) is 1. The second-order valence-corrected chi connectivity index (χ2v) is 6.37. The molecule has 1 saturated heterocycles. The SMILES string of the molecule is CC(C)C(CNCc1ccc2c(c1)OCO2)N1CCCC1. The molecule has 0 radical (unpaired) electrons. The van der Waals surface area contributed by atoms with E-state index < -0.39 is 0 Å². The highest BCUT2D eigenvalue weighted by Crippen LogP contribution is 2.32. The quantitative estimate of drug-likeness (QED) is 0.873. The molecular weight excluding hydrogens is 264 g/mol. The van der Waals surface area contributed by atoms with E-state index in [4.69, 9.17) is 9.47 Å². The van der Waals surface area contributed by atoms with Crippen LogP contribution in [0.5, 0.6) is 11.5 Å². The fourth-order valence-corrected chi connectivity index (χ4v) is 3.27. The first-order valence-electron chi connectivity index (χ1n) is 8.07. The zero-order chi connectivity index (χ0) is 14.7. The number of nitrogens with zero attached hydrogens (tertiary/aromatic N) is 1. The number of fused-ring (bicyclic) bond motifs is 1. The number of benzene rings is 1. The molecule has 2 aliphatic rings. The van der Waals surface area contributed by atoms with Gasteiger partial charge < -0.3 is 14.8 Å². The molecule has 1 unspecified atom stereocenters. The van der Waals surface area contributed by atoms with Crippen molar-refractivity contribution in [3.63, 3.8) is 0 Å². The Morgan fingerprint density at radius 3 is 2.67 bits per heavy atom. The summed E-state index contributed by atoms with van der Waals surface area (Å²) < 4.78 is 10.8. The third-order valence-corrected chi connectivity index (χ3v) is 4.50. The summed E-state index contributed by atoms with van der Waals surface area (Å²) >= 11 is 0. The molecule has 0 aliphatic carbocycles. The van der Waals surface area contributed by atoms with E-state index >= 15 is 0 Å². The molecule has 4 nitrogen and oxygen atoms in total. The summed E-state index contributed by atoms with van der Waals surface area (Å²) in [5, 5.41) is 3.61. The Morgan fingerprint density at radius 2 is 1.90 bits per heavy atom. The molecule has 1 atom stereocenters. The van der Waals surface area contributed by atoms with Gasteiger partial charge in [0, 0.05) is 19.1 Å². The summed E-state index contributed by atoms with van der Waals surface area (Å²) in [5.41, 5.74) is 1.25. The fourth-order valence-electron chi connectivity index (χ4n) is 3.27. The van der Waals surface area contributed by atoms with Crippen molar-refractivity contribution in [2.75, 3.05) is 26.4 Å². The van der Waals surface area contributed by atoms with Crippen molar-refractivity contribution in [3.8, 4) is 11.5 Å². The van der Waals surface area contributed by atoms with Gasteiger partial charge in [-0.05, 0) is 49.5 Å². The first kappa shape index (κ1) is 14.7. The molecule has 21 heavy (non-hydrogen) atoms. The van der Waals surface area contributed by atoms with Crippen molar-refractivity contribution in [2.45, 2.75) is 39.3 Å². The van der Waals surface area contributed by atoms with Crippen LogP contribution in [0.3, 0.4) is 0 Å². The molecule has 1 aromatic carbocycles. The van der Waals surface area contributed by atoms with Gasteiger partial charge in [0.2, 0.25) is 6.79 Å². The molecule has 1 fully saturated rings. The molecule has 116 valence electrons. The average Bonchev–Trinajstić information content (AvgIpc) is 3.13. The molecule has 0 saturated carbocycles. The van der Waals surface area contributed by atoms with Crippen LogP contribution < -0.4 is 14.8 Å². The summed E-state index contributed by atoms with van der Waals surface area (Å²) in [6.45, 7) is 9.44. The Bertz CT molecular complexity index is 470. The average molecular weight is 290 g/mol. The molecular formula is C17H26N2O2. The molecule has 0 aromatic heterocycles. The third-order valence-electron chi connectivity index (χ3n) is 4.50. The molecule has 2 heterocycles. The standard InChI is InChI=1S/C17H26N2O2/c1-13(2)15(19-7-3-4-8-19)11-18-10-14-5-6-16-17(9-14)21-12-20-16/h5-6,9,13,15,18H,3-4,7-8,10-12H2,1-2H3. The van der Waals surface area contributed by atoms with Crippen molar-refractivity contribution in [1.29, 1.82) is 0 Å². The van der Waals surface area contributed by atoms with Crippen LogP contribution >= 0.6 is 0 Å². The minimum atomic E-state index is 0.344. The molecule has 0 spiro atoms. The largest absolute Gasteiger partial charge is 0.454 e. The van der Waals surface area contributed by atoms with Gasteiger partial charge in [0.15, 0.2) is 11.5 Å². The minimum absolute atomic E-state index is 0.344. The van der Waals surface area contributed by atoms with E-state index in [1.807, 2.05) is 6.07 Å². The Morgan fingerprint density at radius 1 is 1.14 bits per heavy atom. The highest BCUT2D eigenvalue weighted by Gasteiger charge is 2.24. The molecule has 3 rings (SSSR count). The summed E-state index contributed by atoms with van der Waals surface area (Å²) in [6, 6.07) is 6.83. The number of likely N-dealkylation sites (tertiary alicyclic amines) is 1. The van der Waals surface area contributed by atoms with Crippen LogP contribution in [0.1, 0.15) is 32.3 Å². The van der Waals surface area contributed by atoms with E-state index in [0.717, 1.165) is 24.6 Å². The van der Waals surface area contributed by atoms with Gasteiger partial charge in [-0.25, -0.2) is 0 Å². The fraction of sp³-hybridized carbons (Fsp3) is 0.647. The summed E-state index contributed by atoms with van der Waals surface area (Å²) in [7, 11) is 0. The van der Waals surface area contributed by atoms with Gasteiger partial charge in [-0.3, -0.25) is 4.90 Å². The van der Waals surface area contributed by atoms with Crippen LogP contribution in [0.15, 0.2) is 18.2 Å². The number of ether oxygens (including phenoxy) is 2. The van der Waals surface area contributed by atoms with E-state index in [-0.39, 0.29) is 0 Å². The smallest absolute Gasteiger partial charge is 0.231 e. The summed E-state index contributed by atoms with van der Waals surface area (Å²) in [6.07, 6.45) is 2.71. The van der Waals surface area contributed by atoms with Crippen LogP contribution in [0.4, 0.5) is 0 Å². The zero-order valence-corrected chi connectivity index (χ0v) is 13.1. The van der Waals surface area contributed by atoms with E-state index in [9.17, 15) is 0 Å². The second-order valence-electron chi connectivity index (χ2n) is 6.37. The van der Waals surface area contributed by atoms with Gasteiger partial charge in [0.25, 0.3) is 0 Å². The maximum atomic E-state index is 5.43. The number of rotatable bonds is 6. The van der Waals surface area contributed by atoms with Gasteiger partial charge in [-0.1, -0.05) is 19.9 Å². The molecule has 2 aliphatic heterocycles. The third kappa shape index (κ3) is 3.50. The predicted octanol–water partition coefficient (Wildman–Crippen LogP) is 2.63. The predicted molar refractivity (Wildman–Crippen MR) is 83.7 cm³/mol. The van der Waals surface area contributed by atoms with Crippen LogP contribution in [0.2, 0.25) is 0 Å². The van der Waals surface area contributed by atoms with Crippen molar-refractivity contribution in [3.05, 3.63) is 23.8 Å². The molecule has 1 N–H and O–H groups in total. The Balaban J connectivity index is 1.52. The first-order valence-corrected chi connectivity index (χ1v) is 8.07. The van der Waals surface area contributed by atoms with Gasteiger partial charge in [0.05, 0.1) is 0 Å². The Labute approximate surface area is 127 Å². The van der Waals surface area contributed by atoms with Crippen molar-refractivity contribution in [1.82, 2.24) is 10.2 Å². The zero-order valence-electron chi connectivity index (χ0n) is 13.1. The molecule has 0 amide bonds. The highest BCUT2D eigenvalue weighted by atomic mass is 16.7. The normalized spacial score (nSPS) is 19.4. The van der Waals surface area contributed by atoms with E-state index in [0.29, 0.717) is 18.8 Å². The first-order chi connectivity index (χ1) is 10.2. The Kier molecular flexibility index (Phi) is 4.66.